The molecule has 7 heteroatoms. The molecule has 3 rings (SSSR count). The first-order valence-corrected chi connectivity index (χ1v) is 8.97. The second-order valence-electron chi connectivity index (χ2n) is 6.60. The Morgan fingerprint density at radius 2 is 2.12 bits per heavy atom. The molecular weight excluding hydrogens is 334 g/mol. The number of hydrogen-bond donors (Lipinski definition) is 0. The lowest BCUT2D eigenvalue weighted by Gasteiger charge is -2.24. The molecule has 0 N–H and O–H groups in total. The van der Waals surface area contributed by atoms with E-state index in [4.69, 9.17) is 14.0 Å². The Bertz CT molecular complexity index is 708. The Morgan fingerprint density at radius 3 is 2.81 bits per heavy atom. The number of carbonyl (C=O) groups is 1. The molecule has 0 amide bonds. The van der Waals surface area contributed by atoms with Crippen molar-refractivity contribution in [3.8, 4) is 11.4 Å². The van der Waals surface area contributed by atoms with Gasteiger partial charge in [0.05, 0.1) is 25.3 Å². The van der Waals surface area contributed by atoms with Crippen LogP contribution in [0.25, 0.3) is 11.4 Å². The van der Waals surface area contributed by atoms with Crippen LogP contribution in [-0.2, 0) is 16.0 Å². The number of rotatable bonds is 7. The summed E-state index contributed by atoms with van der Waals surface area (Å²) < 4.78 is 15.8. The van der Waals surface area contributed by atoms with E-state index in [1.807, 2.05) is 7.05 Å². The van der Waals surface area contributed by atoms with E-state index in [1.54, 1.807) is 24.3 Å². The summed E-state index contributed by atoms with van der Waals surface area (Å²) in [6, 6.07) is 6.94. The highest BCUT2D eigenvalue weighted by Crippen LogP contribution is 2.18. The van der Waals surface area contributed by atoms with Crippen molar-refractivity contribution < 1.29 is 18.8 Å². The fourth-order valence-electron chi connectivity index (χ4n) is 3.02. The van der Waals surface area contributed by atoms with Crippen LogP contribution in [-0.4, -0.2) is 54.4 Å². The number of aromatic nitrogens is 2. The average Bonchev–Trinajstić information content (AvgIpc) is 3.15. The summed E-state index contributed by atoms with van der Waals surface area (Å²) in [6.07, 6.45) is 4.98. The second kappa shape index (κ2) is 8.91. The maximum absolute atomic E-state index is 11.5. The molecule has 1 saturated heterocycles. The van der Waals surface area contributed by atoms with Gasteiger partial charge in [-0.05, 0) is 44.9 Å². The highest BCUT2D eigenvalue weighted by Gasteiger charge is 2.16. The molecule has 0 unspecified atom stereocenters. The van der Waals surface area contributed by atoms with Crippen molar-refractivity contribution in [1.82, 2.24) is 15.0 Å². The summed E-state index contributed by atoms with van der Waals surface area (Å²) in [6.45, 7) is 2.41. The van der Waals surface area contributed by atoms with Crippen molar-refractivity contribution in [2.75, 3.05) is 27.3 Å². The molecule has 0 radical (unpaired) electrons. The minimum absolute atomic E-state index is 0.367. The van der Waals surface area contributed by atoms with Gasteiger partial charge in [-0.2, -0.15) is 4.98 Å². The molecule has 0 bridgehead atoms. The van der Waals surface area contributed by atoms with Crippen molar-refractivity contribution >= 4 is 5.97 Å². The SMILES string of the molecule is COC(=O)c1ccc(-c2noc(CN(C)CC[C@@H]3CCCCO3)n2)cc1. The molecule has 2 heterocycles. The summed E-state index contributed by atoms with van der Waals surface area (Å²) in [4.78, 5) is 18.1. The molecule has 0 saturated carbocycles. The predicted octanol–water partition coefficient (Wildman–Crippen LogP) is 2.91. The average molecular weight is 359 g/mol. The third kappa shape index (κ3) is 4.89. The van der Waals surface area contributed by atoms with Crippen LogP contribution in [0.1, 0.15) is 41.9 Å². The zero-order chi connectivity index (χ0) is 18.4. The molecule has 1 aliphatic rings. The van der Waals surface area contributed by atoms with Gasteiger partial charge in [0.2, 0.25) is 11.7 Å². The number of hydrogen-bond acceptors (Lipinski definition) is 7. The molecule has 1 aliphatic heterocycles. The van der Waals surface area contributed by atoms with Crippen LogP contribution < -0.4 is 0 Å². The van der Waals surface area contributed by atoms with E-state index in [-0.39, 0.29) is 5.97 Å². The number of esters is 1. The zero-order valence-corrected chi connectivity index (χ0v) is 15.3. The van der Waals surface area contributed by atoms with E-state index in [2.05, 4.69) is 15.0 Å². The van der Waals surface area contributed by atoms with Crippen LogP contribution in [0, 0.1) is 0 Å². The quantitative estimate of drug-likeness (QED) is 0.703. The maximum Gasteiger partial charge on any atom is 0.337 e. The number of carbonyl (C=O) groups excluding carboxylic acids is 1. The Morgan fingerprint density at radius 1 is 1.31 bits per heavy atom. The zero-order valence-electron chi connectivity index (χ0n) is 15.3. The lowest BCUT2D eigenvalue weighted by molar-refractivity contribution is 0.00602. The molecule has 2 aromatic rings. The summed E-state index contributed by atoms with van der Waals surface area (Å²) in [5, 5.41) is 4.03. The van der Waals surface area contributed by atoms with Crippen molar-refractivity contribution in [3.05, 3.63) is 35.7 Å². The fourth-order valence-corrected chi connectivity index (χ4v) is 3.02. The first-order valence-electron chi connectivity index (χ1n) is 8.97. The van der Waals surface area contributed by atoms with Crippen LogP contribution in [0.2, 0.25) is 0 Å². The van der Waals surface area contributed by atoms with Gasteiger partial charge in [-0.25, -0.2) is 4.79 Å². The van der Waals surface area contributed by atoms with E-state index < -0.39 is 0 Å². The molecule has 0 spiro atoms. The highest BCUT2D eigenvalue weighted by atomic mass is 16.5. The van der Waals surface area contributed by atoms with Gasteiger partial charge >= 0.3 is 5.97 Å². The van der Waals surface area contributed by atoms with E-state index in [0.717, 1.165) is 31.6 Å². The first kappa shape index (κ1) is 18.5. The molecular formula is C19H25N3O4. The largest absolute Gasteiger partial charge is 0.465 e. The van der Waals surface area contributed by atoms with Gasteiger partial charge in [0.25, 0.3) is 0 Å². The van der Waals surface area contributed by atoms with E-state index in [0.29, 0.717) is 29.9 Å². The number of methoxy groups -OCH3 is 1. The van der Waals surface area contributed by atoms with E-state index in [1.165, 1.54) is 20.0 Å². The number of benzene rings is 1. The molecule has 1 atom stereocenters. The molecule has 7 nitrogen and oxygen atoms in total. The van der Waals surface area contributed by atoms with Crippen LogP contribution in [0.3, 0.4) is 0 Å². The Balaban J connectivity index is 1.53. The van der Waals surface area contributed by atoms with Gasteiger partial charge in [0.15, 0.2) is 0 Å². The van der Waals surface area contributed by atoms with Crippen LogP contribution >= 0.6 is 0 Å². The molecule has 26 heavy (non-hydrogen) atoms. The topological polar surface area (TPSA) is 77.7 Å². The monoisotopic (exact) mass is 359 g/mol. The van der Waals surface area contributed by atoms with Crippen molar-refractivity contribution in [3.63, 3.8) is 0 Å². The molecule has 1 fully saturated rings. The molecule has 1 aromatic carbocycles. The van der Waals surface area contributed by atoms with Gasteiger partial charge < -0.3 is 14.0 Å². The van der Waals surface area contributed by atoms with Crippen molar-refractivity contribution in [2.24, 2.45) is 0 Å². The van der Waals surface area contributed by atoms with Gasteiger partial charge in [0, 0.05) is 18.7 Å². The normalized spacial score (nSPS) is 17.4. The van der Waals surface area contributed by atoms with Gasteiger partial charge in [-0.3, -0.25) is 4.90 Å². The highest BCUT2D eigenvalue weighted by molar-refractivity contribution is 5.89. The lowest BCUT2D eigenvalue weighted by Crippen LogP contribution is -2.26. The number of nitrogens with zero attached hydrogens (tertiary/aromatic N) is 3. The number of ether oxygens (including phenoxy) is 2. The van der Waals surface area contributed by atoms with Gasteiger partial charge in [-0.1, -0.05) is 17.3 Å². The molecule has 140 valence electrons. The van der Waals surface area contributed by atoms with E-state index in [9.17, 15) is 4.79 Å². The smallest absolute Gasteiger partial charge is 0.337 e. The van der Waals surface area contributed by atoms with Crippen molar-refractivity contribution in [1.29, 1.82) is 0 Å². The van der Waals surface area contributed by atoms with Crippen LogP contribution in [0.5, 0.6) is 0 Å². The first-order chi connectivity index (χ1) is 12.7. The Kier molecular flexibility index (Phi) is 6.35. The van der Waals surface area contributed by atoms with Crippen molar-refractivity contribution in [2.45, 2.75) is 38.3 Å². The summed E-state index contributed by atoms with van der Waals surface area (Å²) in [5.74, 6) is 0.721. The molecule has 0 aliphatic carbocycles. The fraction of sp³-hybridized carbons (Fsp3) is 0.526. The summed E-state index contributed by atoms with van der Waals surface area (Å²) >= 11 is 0. The second-order valence-corrected chi connectivity index (χ2v) is 6.60. The Labute approximate surface area is 153 Å². The third-order valence-electron chi connectivity index (χ3n) is 4.54. The lowest BCUT2D eigenvalue weighted by atomic mass is 10.1. The predicted molar refractivity (Wildman–Crippen MR) is 95.6 cm³/mol. The minimum Gasteiger partial charge on any atom is -0.465 e. The van der Waals surface area contributed by atoms with Crippen LogP contribution in [0.15, 0.2) is 28.8 Å². The molecule has 1 aromatic heterocycles. The van der Waals surface area contributed by atoms with Gasteiger partial charge in [0.1, 0.15) is 0 Å². The Hall–Kier alpha value is -2.25. The van der Waals surface area contributed by atoms with E-state index >= 15 is 0 Å². The third-order valence-corrected chi connectivity index (χ3v) is 4.54. The van der Waals surface area contributed by atoms with Crippen LogP contribution in [0.4, 0.5) is 0 Å². The standard InChI is InChI=1S/C19H25N3O4/c1-22(11-10-16-5-3-4-12-25-16)13-17-20-18(21-26-17)14-6-8-15(9-7-14)19(23)24-2/h6-9,16H,3-5,10-13H2,1-2H3/t16-/m0/s1. The van der Waals surface area contributed by atoms with Gasteiger partial charge in [-0.15, -0.1) is 0 Å². The summed E-state index contributed by atoms with van der Waals surface area (Å²) in [7, 11) is 3.40. The maximum atomic E-state index is 11.5. The minimum atomic E-state index is -0.367. The summed E-state index contributed by atoms with van der Waals surface area (Å²) in [5.41, 5.74) is 1.29.